The first kappa shape index (κ1) is 15.9. The van der Waals surface area contributed by atoms with Crippen LogP contribution in [0.15, 0.2) is 79.0 Å². The molecule has 0 amide bonds. The van der Waals surface area contributed by atoms with Gasteiger partial charge in [0.15, 0.2) is 6.54 Å². The van der Waals surface area contributed by atoms with Crippen LogP contribution >= 0.6 is 0 Å². The summed E-state index contributed by atoms with van der Waals surface area (Å²) in [6.07, 6.45) is 3.03. The van der Waals surface area contributed by atoms with Gasteiger partial charge in [-0.25, -0.2) is 9.47 Å². The summed E-state index contributed by atoms with van der Waals surface area (Å²) in [6, 6.07) is 24.8. The van der Waals surface area contributed by atoms with Crippen molar-refractivity contribution in [3.63, 3.8) is 0 Å². The Hall–Kier alpha value is -2.65. The van der Waals surface area contributed by atoms with E-state index in [-0.39, 0.29) is 0 Å². The third kappa shape index (κ3) is 2.81. The second kappa shape index (κ2) is 6.34. The second-order valence-corrected chi connectivity index (χ2v) is 6.63. The minimum Gasteiger partial charge on any atom is -0.346 e. The molecule has 3 aromatic rings. The molecule has 3 nitrogen and oxygen atoms in total. The van der Waals surface area contributed by atoms with Gasteiger partial charge in [-0.15, -0.1) is 0 Å². The second-order valence-electron chi connectivity index (χ2n) is 6.63. The number of hydrogen-bond acceptors (Lipinski definition) is 2. The molecule has 0 spiro atoms. The van der Waals surface area contributed by atoms with Gasteiger partial charge in [0.1, 0.15) is 6.54 Å². The first-order valence-electron chi connectivity index (χ1n) is 8.82. The van der Waals surface area contributed by atoms with Crippen molar-refractivity contribution in [3.8, 4) is 0 Å². The monoisotopic (exact) mass is 331 g/mol. The van der Waals surface area contributed by atoms with Crippen molar-refractivity contribution in [1.82, 2.24) is 0 Å². The maximum Gasteiger partial charge on any atom is 0.279 e. The van der Waals surface area contributed by atoms with Gasteiger partial charge in [0, 0.05) is 11.6 Å². The molecule has 2 aromatic carbocycles. The third-order valence-electron chi connectivity index (χ3n) is 5.04. The van der Waals surface area contributed by atoms with Crippen molar-refractivity contribution in [3.05, 3.63) is 95.7 Å². The summed E-state index contributed by atoms with van der Waals surface area (Å²) in [4.78, 5) is 2.10. The quantitative estimate of drug-likeness (QED) is 0.742. The maximum atomic E-state index is 11.7. The van der Waals surface area contributed by atoms with Crippen LogP contribution in [0.2, 0.25) is 0 Å². The molecule has 0 radical (unpaired) electrons. The number of aromatic nitrogens is 1. The zero-order valence-corrected chi connectivity index (χ0v) is 14.5. The Labute approximate surface area is 148 Å². The lowest BCUT2D eigenvalue weighted by Crippen LogP contribution is -2.45. The van der Waals surface area contributed by atoms with Crippen LogP contribution in [0.1, 0.15) is 23.6 Å². The highest BCUT2D eigenvalue weighted by Crippen LogP contribution is 2.36. The van der Waals surface area contributed by atoms with E-state index in [1.165, 1.54) is 11.1 Å². The molecule has 0 aliphatic carbocycles. The van der Waals surface area contributed by atoms with Gasteiger partial charge in [-0.05, 0) is 23.6 Å². The number of fused-ring (bicyclic) bond motifs is 1. The average Bonchev–Trinajstić information content (AvgIpc) is 2.96. The summed E-state index contributed by atoms with van der Waals surface area (Å²) in [5.41, 5.74) is 2.36. The van der Waals surface area contributed by atoms with Crippen LogP contribution in [0.25, 0.3) is 0 Å². The Morgan fingerprint density at radius 2 is 1.64 bits per heavy atom. The predicted octanol–water partition coefficient (Wildman–Crippen LogP) is 3.40. The van der Waals surface area contributed by atoms with Crippen molar-refractivity contribution in [2.24, 2.45) is 0 Å². The van der Waals surface area contributed by atoms with Crippen molar-refractivity contribution >= 4 is 5.82 Å². The normalized spacial score (nSPS) is 19.0. The number of rotatable bonds is 4. The summed E-state index contributed by atoms with van der Waals surface area (Å²) >= 11 is 0. The molecule has 1 aromatic heterocycles. The number of aryl methyl sites for hydroxylation is 1. The Morgan fingerprint density at radius 1 is 0.920 bits per heavy atom. The number of aliphatic hydroxyl groups is 1. The average molecular weight is 331 g/mol. The molecular formula is C22H23N2O+. The topological polar surface area (TPSA) is 27.4 Å². The van der Waals surface area contributed by atoms with E-state index >= 15 is 0 Å². The molecule has 1 aliphatic heterocycles. The molecule has 1 N–H and O–H groups in total. The lowest BCUT2D eigenvalue weighted by molar-refractivity contribution is -0.683. The smallest absolute Gasteiger partial charge is 0.279 e. The summed E-state index contributed by atoms with van der Waals surface area (Å²) in [7, 11) is 0. The fourth-order valence-electron chi connectivity index (χ4n) is 3.59. The van der Waals surface area contributed by atoms with E-state index < -0.39 is 5.72 Å². The van der Waals surface area contributed by atoms with Crippen LogP contribution in [0.5, 0.6) is 0 Å². The molecule has 4 rings (SSSR count). The van der Waals surface area contributed by atoms with E-state index in [1.807, 2.05) is 36.5 Å². The van der Waals surface area contributed by atoms with Gasteiger partial charge in [0.2, 0.25) is 0 Å². The summed E-state index contributed by atoms with van der Waals surface area (Å²) < 4.78 is 2.12. The standard InChI is InChI=1S/C22H23N2O/c1-2-18-11-13-20(14-12-18)22(25)17-23-15-7-6-10-21(23)24(22)16-19-8-4-3-5-9-19/h3-15,25H,2,16-17H2,1H3/q+1. The highest BCUT2D eigenvalue weighted by molar-refractivity contribution is 5.44. The van der Waals surface area contributed by atoms with E-state index in [4.69, 9.17) is 0 Å². The van der Waals surface area contributed by atoms with Gasteiger partial charge in [0.05, 0.1) is 6.20 Å². The van der Waals surface area contributed by atoms with E-state index in [9.17, 15) is 5.11 Å². The summed E-state index contributed by atoms with van der Waals surface area (Å²) in [5.74, 6) is 1.04. The molecule has 1 atom stereocenters. The molecule has 2 heterocycles. The maximum absolute atomic E-state index is 11.7. The molecule has 0 saturated carbocycles. The molecule has 3 heteroatoms. The first-order valence-corrected chi connectivity index (χ1v) is 8.82. The zero-order valence-electron chi connectivity index (χ0n) is 14.5. The minimum atomic E-state index is -1.05. The molecule has 126 valence electrons. The molecular weight excluding hydrogens is 308 g/mol. The Balaban J connectivity index is 1.76. The van der Waals surface area contributed by atoms with Crippen LogP contribution in [0.3, 0.4) is 0 Å². The minimum absolute atomic E-state index is 0.529. The number of hydrogen-bond donors (Lipinski definition) is 1. The first-order chi connectivity index (χ1) is 12.2. The van der Waals surface area contributed by atoms with E-state index in [0.717, 1.165) is 17.8 Å². The highest BCUT2D eigenvalue weighted by atomic mass is 16.3. The van der Waals surface area contributed by atoms with Gasteiger partial charge >= 0.3 is 0 Å². The molecule has 0 saturated heterocycles. The molecule has 1 unspecified atom stereocenters. The van der Waals surface area contributed by atoms with Gasteiger partial charge in [0.25, 0.3) is 11.5 Å². The van der Waals surface area contributed by atoms with Crippen molar-refractivity contribution in [2.75, 3.05) is 4.90 Å². The Morgan fingerprint density at radius 3 is 2.36 bits per heavy atom. The van der Waals surface area contributed by atoms with Crippen LogP contribution in [-0.2, 0) is 25.2 Å². The van der Waals surface area contributed by atoms with Gasteiger partial charge in [-0.3, -0.25) is 0 Å². The van der Waals surface area contributed by atoms with E-state index in [0.29, 0.717) is 13.1 Å². The largest absolute Gasteiger partial charge is 0.346 e. The van der Waals surface area contributed by atoms with Crippen LogP contribution in [0, 0.1) is 0 Å². The fraction of sp³-hybridized carbons (Fsp3) is 0.227. The molecule has 1 aliphatic rings. The number of benzene rings is 2. The summed E-state index contributed by atoms with van der Waals surface area (Å²) in [5, 5.41) is 11.7. The van der Waals surface area contributed by atoms with Crippen LogP contribution in [0.4, 0.5) is 5.82 Å². The zero-order chi connectivity index (χ0) is 17.3. The van der Waals surface area contributed by atoms with Crippen LogP contribution in [-0.4, -0.2) is 5.11 Å². The number of anilines is 1. The Kier molecular flexibility index (Phi) is 4.02. The van der Waals surface area contributed by atoms with Crippen LogP contribution < -0.4 is 9.47 Å². The van der Waals surface area contributed by atoms with Gasteiger partial charge in [-0.1, -0.05) is 67.6 Å². The molecule has 0 fully saturated rings. The van der Waals surface area contributed by atoms with Crippen molar-refractivity contribution < 1.29 is 9.67 Å². The molecule has 25 heavy (non-hydrogen) atoms. The lowest BCUT2D eigenvalue weighted by atomic mass is 9.99. The highest BCUT2D eigenvalue weighted by Gasteiger charge is 2.51. The Bertz CT molecular complexity index is 861. The van der Waals surface area contributed by atoms with Gasteiger partial charge in [-0.2, -0.15) is 0 Å². The van der Waals surface area contributed by atoms with Crippen molar-refractivity contribution in [2.45, 2.75) is 32.2 Å². The summed E-state index contributed by atoms with van der Waals surface area (Å²) in [6.45, 7) is 3.34. The van der Waals surface area contributed by atoms with E-state index in [1.54, 1.807) is 0 Å². The van der Waals surface area contributed by atoms with E-state index in [2.05, 4.69) is 58.9 Å². The molecule has 0 bridgehead atoms. The van der Waals surface area contributed by atoms with Crippen molar-refractivity contribution in [1.29, 1.82) is 0 Å². The SMILES string of the molecule is CCc1ccc(C2(O)C[n+]3ccccc3N2Cc2ccccc2)cc1. The fourth-order valence-corrected chi connectivity index (χ4v) is 3.59. The number of nitrogens with zero attached hydrogens (tertiary/aromatic N) is 2. The van der Waals surface area contributed by atoms with Gasteiger partial charge < -0.3 is 5.11 Å². The predicted molar refractivity (Wildman–Crippen MR) is 99.0 cm³/mol. The lowest BCUT2D eigenvalue weighted by Gasteiger charge is -2.28. The third-order valence-corrected chi connectivity index (χ3v) is 5.04. The number of pyridine rings is 1.